The fourth-order valence-corrected chi connectivity index (χ4v) is 3.92. The molecule has 8 heteroatoms. The topological polar surface area (TPSA) is 81.7 Å². The van der Waals surface area contributed by atoms with Crippen molar-refractivity contribution in [2.75, 3.05) is 11.5 Å². The van der Waals surface area contributed by atoms with Crippen molar-refractivity contribution < 1.29 is 22.7 Å². The number of rotatable bonds is 5. The lowest BCUT2D eigenvalue weighted by Crippen LogP contribution is -2.14. The van der Waals surface area contributed by atoms with Crippen molar-refractivity contribution in [3.05, 3.63) is 47.0 Å². The maximum Gasteiger partial charge on any atom is 0.263 e. The third kappa shape index (κ3) is 3.47. The average Bonchev–Trinajstić information content (AvgIpc) is 2.95. The molecule has 0 amide bonds. The Morgan fingerprint density at radius 3 is 2.67 bits per heavy atom. The first-order chi connectivity index (χ1) is 11.3. The molecule has 126 valence electrons. The number of anilines is 1. The number of fused-ring (bicyclic) bond motifs is 1. The maximum absolute atomic E-state index is 12.6. The average molecular weight is 368 g/mol. The highest BCUT2D eigenvalue weighted by Crippen LogP contribution is 2.35. The molecule has 3 rings (SSSR count). The number of ketones is 1. The Kier molecular flexibility index (Phi) is 4.38. The highest BCUT2D eigenvalue weighted by Gasteiger charge is 2.21. The molecule has 0 aliphatic carbocycles. The lowest BCUT2D eigenvalue weighted by Gasteiger charge is -2.11. The van der Waals surface area contributed by atoms with E-state index in [2.05, 4.69) is 4.72 Å². The van der Waals surface area contributed by atoms with Crippen LogP contribution < -0.4 is 14.2 Å². The lowest BCUT2D eigenvalue weighted by atomic mass is 10.1. The first-order valence-corrected chi connectivity index (χ1v) is 8.91. The molecule has 1 aliphatic rings. The second-order valence-electron chi connectivity index (χ2n) is 5.32. The summed E-state index contributed by atoms with van der Waals surface area (Å²) in [4.78, 5) is 11.2. The molecule has 0 radical (unpaired) electrons. The summed E-state index contributed by atoms with van der Waals surface area (Å²) in [6.45, 7) is 1.54. The highest BCUT2D eigenvalue weighted by molar-refractivity contribution is 7.92. The molecule has 0 atom stereocenters. The van der Waals surface area contributed by atoms with Crippen LogP contribution in [0.15, 0.2) is 41.3 Å². The Hall–Kier alpha value is -2.25. The van der Waals surface area contributed by atoms with E-state index >= 15 is 0 Å². The van der Waals surface area contributed by atoms with Gasteiger partial charge < -0.3 is 9.47 Å². The van der Waals surface area contributed by atoms with Gasteiger partial charge >= 0.3 is 0 Å². The van der Waals surface area contributed by atoms with Gasteiger partial charge in [0.1, 0.15) is 10.7 Å². The van der Waals surface area contributed by atoms with Crippen molar-refractivity contribution in [1.82, 2.24) is 0 Å². The van der Waals surface area contributed by atoms with Crippen LogP contribution in [-0.4, -0.2) is 21.0 Å². The normalized spacial score (nSPS) is 12.9. The number of sulfonamides is 1. The monoisotopic (exact) mass is 367 g/mol. The molecule has 0 saturated heterocycles. The van der Waals surface area contributed by atoms with E-state index in [0.717, 1.165) is 0 Å². The number of benzene rings is 2. The molecule has 2 aromatic carbocycles. The number of hydrogen-bond acceptors (Lipinski definition) is 5. The highest BCUT2D eigenvalue weighted by atomic mass is 35.5. The third-order valence-electron chi connectivity index (χ3n) is 3.36. The second-order valence-corrected chi connectivity index (χ2v) is 7.38. The SMILES string of the molecule is CC(=O)Cc1ccc(Cl)c(S(=O)(=O)Nc2ccc3c(c2)OCO3)c1. The molecule has 0 fully saturated rings. The third-order valence-corrected chi connectivity index (χ3v) is 5.23. The van der Waals surface area contributed by atoms with Gasteiger partial charge in [0.05, 0.1) is 10.7 Å². The van der Waals surface area contributed by atoms with E-state index in [1.807, 2.05) is 0 Å². The van der Waals surface area contributed by atoms with Crippen molar-refractivity contribution in [2.45, 2.75) is 18.2 Å². The van der Waals surface area contributed by atoms with Crippen molar-refractivity contribution in [3.8, 4) is 11.5 Å². The molecule has 24 heavy (non-hydrogen) atoms. The van der Waals surface area contributed by atoms with Crippen LogP contribution in [0, 0.1) is 0 Å². The van der Waals surface area contributed by atoms with E-state index < -0.39 is 10.0 Å². The van der Waals surface area contributed by atoms with Gasteiger partial charge in [-0.15, -0.1) is 0 Å². The number of carbonyl (C=O) groups excluding carboxylic acids is 1. The predicted octanol–water partition coefficient (Wildman–Crippen LogP) is 3.00. The van der Waals surface area contributed by atoms with E-state index in [1.54, 1.807) is 18.2 Å². The summed E-state index contributed by atoms with van der Waals surface area (Å²) < 4.78 is 38.1. The Morgan fingerprint density at radius 1 is 1.17 bits per heavy atom. The van der Waals surface area contributed by atoms with E-state index in [-0.39, 0.29) is 28.9 Å². The first kappa shape index (κ1) is 16.6. The number of Topliss-reactive ketones (excluding diaryl/α,β-unsaturated/α-hetero) is 1. The molecule has 0 unspecified atom stereocenters. The van der Waals surface area contributed by atoms with Crippen molar-refractivity contribution >= 4 is 33.1 Å². The summed E-state index contributed by atoms with van der Waals surface area (Å²) in [7, 11) is -3.91. The van der Waals surface area contributed by atoms with Gasteiger partial charge in [-0.1, -0.05) is 17.7 Å². The number of carbonyl (C=O) groups is 1. The Bertz CT molecular complexity index is 911. The molecule has 1 aliphatic heterocycles. The van der Waals surface area contributed by atoms with Crippen LogP contribution in [0.3, 0.4) is 0 Å². The van der Waals surface area contributed by atoms with Crippen molar-refractivity contribution in [1.29, 1.82) is 0 Å². The Morgan fingerprint density at radius 2 is 1.92 bits per heavy atom. The van der Waals surface area contributed by atoms with E-state index in [0.29, 0.717) is 22.7 Å². The molecule has 1 N–H and O–H groups in total. The Labute approximate surface area is 144 Å². The molecule has 6 nitrogen and oxygen atoms in total. The molecule has 1 heterocycles. The first-order valence-electron chi connectivity index (χ1n) is 7.05. The molecule has 0 bridgehead atoms. The van der Waals surface area contributed by atoms with Crippen molar-refractivity contribution in [3.63, 3.8) is 0 Å². The van der Waals surface area contributed by atoms with Crippen LogP contribution >= 0.6 is 11.6 Å². The minimum Gasteiger partial charge on any atom is -0.454 e. The minimum atomic E-state index is -3.91. The van der Waals surface area contributed by atoms with Gasteiger partial charge in [-0.2, -0.15) is 0 Å². The van der Waals surface area contributed by atoms with Gasteiger partial charge in [0.2, 0.25) is 6.79 Å². The summed E-state index contributed by atoms with van der Waals surface area (Å²) in [5.41, 5.74) is 0.908. The number of ether oxygens (including phenoxy) is 2. The van der Waals surface area contributed by atoms with Gasteiger partial charge in [-0.25, -0.2) is 8.42 Å². The summed E-state index contributed by atoms with van der Waals surface area (Å²) in [5, 5.41) is 0.0792. The fraction of sp³-hybridized carbons (Fsp3) is 0.188. The summed E-state index contributed by atoms with van der Waals surface area (Å²) >= 11 is 6.03. The van der Waals surface area contributed by atoms with Crippen molar-refractivity contribution in [2.24, 2.45) is 0 Å². The van der Waals surface area contributed by atoms with Crippen LogP contribution in [0.5, 0.6) is 11.5 Å². The molecule has 2 aromatic rings. The van der Waals surface area contributed by atoms with Crippen LogP contribution in [0.4, 0.5) is 5.69 Å². The van der Waals surface area contributed by atoms with E-state index in [9.17, 15) is 13.2 Å². The molecule has 0 saturated carbocycles. The zero-order valence-electron chi connectivity index (χ0n) is 12.7. The maximum atomic E-state index is 12.6. The van der Waals surface area contributed by atoms with E-state index in [4.69, 9.17) is 21.1 Å². The fourth-order valence-electron chi connectivity index (χ4n) is 2.32. The number of halogens is 1. The number of hydrogen-bond donors (Lipinski definition) is 1. The summed E-state index contributed by atoms with van der Waals surface area (Å²) in [6.07, 6.45) is 0.143. The zero-order chi connectivity index (χ0) is 17.3. The van der Waals surface area contributed by atoms with Gasteiger partial charge in [-0.3, -0.25) is 9.52 Å². The molecule has 0 spiro atoms. The van der Waals surface area contributed by atoms with Gasteiger partial charge in [-0.05, 0) is 36.8 Å². The smallest absolute Gasteiger partial charge is 0.263 e. The lowest BCUT2D eigenvalue weighted by molar-refractivity contribution is -0.116. The summed E-state index contributed by atoms with van der Waals surface area (Å²) in [6, 6.07) is 9.22. The van der Waals surface area contributed by atoms with Gasteiger partial charge in [0.15, 0.2) is 11.5 Å². The minimum absolute atomic E-state index is 0.0654. The van der Waals surface area contributed by atoms with Crippen LogP contribution in [0.2, 0.25) is 5.02 Å². The zero-order valence-corrected chi connectivity index (χ0v) is 14.3. The van der Waals surface area contributed by atoms with Gasteiger partial charge in [0, 0.05) is 12.5 Å². The van der Waals surface area contributed by atoms with E-state index in [1.165, 1.54) is 25.1 Å². The molecular formula is C16H14ClNO5S. The largest absolute Gasteiger partial charge is 0.454 e. The van der Waals surface area contributed by atoms with Crippen LogP contribution in [0.1, 0.15) is 12.5 Å². The Balaban J connectivity index is 1.91. The standard InChI is InChI=1S/C16H14ClNO5S/c1-10(19)6-11-2-4-13(17)16(7-11)24(20,21)18-12-3-5-14-15(8-12)23-9-22-14/h2-5,7-8,18H,6,9H2,1H3. The predicted molar refractivity (Wildman–Crippen MR) is 89.2 cm³/mol. The number of nitrogens with one attached hydrogen (secondary N) is 1. The van der Waals surface area contributed by atoms with Gasteiger partial charge in [0.25, 0.3) is 10.0 Å². The summed E-state index contributed by atoms with van der Waals surface area (Å²) in [5.74, 6) is 0.954. The molecule has 0 aromatic heterocycles. The molecular weight excluding hydrogens is 354 g/mol. The second kappa shape index (κ2) is 6.33. The van der Waals surface area contributed by atoms with Crippen LogP contribution in [0.25, 0.3) is 0 Å². The van der Waals surface area contributed by atoms with Crippen LogP contribution in [-0.2, 0) is 21.2 Å². The quantitative estimate of drug-likeness (QED) is 0.878.